The summed E-state index contributed by atoms with van der Waals surface area (Å²) in [6.07, 6.45) is 1.99. The normalized spacial score (nSPS) is 14.6. The standard InChI is InChI=1S/C18H17F3N2O3S/c19-14-7-8-15(18(21)17(14)20)22-27(25,26)13-5-3-12(4-6-13)9-11-23-10-1-2-16(23)24/h3-8,22H,1-2,9-11H2. The van der Waals surface area contributed by atoms with E-state index in [0.717, 1.165) is 24.6 Å². The van der Waals surface area contributed by atoms with Crippen LogP contribution in [0.3, 0.4) is 0 Å². The summed E-state index contributed by atoms with van der Waals surface area (Å²) in [4.78, 5) is 13.2. The van der Waals surface area contributed by atoms with Gasteiger partial charge in [0.25, 0.3) is 10.0 Å². The monoisotopic (exact) mass is 398 g/mol. The van der Waals surface area contributed by atoms with Crippen LogP contribution >= 0.6 is 0 Å². The number of nitrogens with zero attached hydrogens (tertiary/aromatic N) is 1. The van der Waals surface area contributed by atoms with Crippen molar-refractivity contribution < 1.29 is 26.4 Å². The first kappa shape index (κ1) is 19.2. The van der Waals surface area contributed by atoms with E-state index in [1.165, 1.54) is 12.1 Å². The lowest BCUT2D eigenvalue weighted by Gasteiger charge is -2.15. The van der Waals surface area contributed by atoms with E-state index in [1.54, 1.807) is 17.0 Å². The number of sulfonamides is 1. The van der Waals surface area contributed by atoms with Crippen molar-refractivity contribution in [1.82, 2.24) is 4.90 Å². The fraction of sp³-hybridized carbons (Fsp3) is 0.278. The lowest BCUT2D eigenvalue weighted by atomic mass is 10.1. The van der Waals surface area contributed by atoms with E-state index < -0.39 is 33.2 Å². The number of benzene rings is 2. The van der Waals surface area contributed by atoms with Gasteiger partial charge in [-0.2, -0.15) is 0 Å². The topological polar surface area (TPSA) is 66.5 Å². The Labute approximate surface area is 154 Å². The molecular weight excluding hydrogens is 381 g/mol. The first-order chi connectivity index (χ1) is 12.8. The van der Waals surface area contributed by atoms with Gasteiger partial charge in [0.05, 0.1) is 10.6 Å². The van der Waals surface area contributed by atoms with Crippen LogP contribution in [-0.4, -0.2) is 32.3 Å². The van der Waals surface area contributed by atoms with Gasteiger partial charge in [-0.3, -0.25) is 9.52 Å². The largest absolute Gasteiger partial charge is 0.342 e. The van der Waals surface area contributed by atoms with Crippen LogP contribution < -0.4 is 4.72 Å². The molecule has 0 aliphatic carbocycles. The van der Waals surface area contributed by atoms with Gasteiger partial charge >= 0.3 is 0 Å². The van der Waals surface area contributed by atoms with Crippen LogP contribution in [-0.2, 0) is 21.2 Å². The fourth-order valence-electron chi connectivity index (χ4n) is 2.85. The van der Waals surface area contributed by atoms with Gasteiger partial charge < -0.3 is 4.90 Å². The van der Waals surface area contributed by atoms with Gasteiger partial charge in [0.15, 0.2) is 17.5 Å². The SMILES string of the molecule is O=C1CCCN1CCc1ccc(S(=O)(=O)Nc2ccc(F)c(F)c2F)cc1. The molecule has 0 saturated carbocycles. The maximum Gasteiger partial charge on any atom is 0.261 e. The minimum absolute atomic E-state index is 0.118. The molecule has 1 aliphatic heterocycles. The predicted molar refractivity (Wildman–Crippen MR) is 93.1 cm³/mol. The Hall–Kier alpha value is -2.55. The summed E-state index contributed by atoms with van der Waals surface area (Å²) < 4.78 is 66.4. The van der Waals surface area contributed by atoms with Crippen LogP contribution in [0, 0.1) is 17.5 Å². The van der Waals surface area contributed by atoms with E-state index in [4.69, 9.17) is 0 Å². The highest BCUT2D eigenvalue weighted by atomic mass is 32.2. The third kappa shape index (κ3) is 4.24. The molecule has 1 aliphatic rings. The number of anilines is 1. The summed E-state index contributed by atoms with van der Waals surface area (Å²) in [5, 5.41) is 0. The molecule has 9 heteroatoms. The first-order valence-electron chi connectivity index (χ1n) is 8.31. The first-order valence-corrected chi connectivity index (χ1v) is 9.79. The van der Waals surface area contributed by atoms with E-state index in [9.17, 15) is 26.4 Å². The maximum atomic E-state index is 13.7. The molecule has 0 radical (unpaired) electrons. The summed E-state index contributed by atoms with van der Waals surface area (Å²) in [5.41, 5.74) is 0.165. The molecule has 0 bridgehead atoms. The zero-order valence-corrected chi connectivity index (χ0v) is 15.0. The number of likely N-dealkylation sites (tertiary alicyclic amines) is 1. The van der Waals surface area contributed by atoms with Gasteiger partial charge in [-0.15, -0.1) is 0 Å². The van der Waals surface area contributed by atoms with Gasteiger partial charge in [0.2, 0.25) is 5.91 Å². The van der Waals surface area contributed by atoms with E-state index in [-0.39, 0.29) is 10.8 Å². The molecule has 0 spiro atoms. The molecule has 0 atom stereocenters. The van der Waals surface area contributed by atoms with Gasteiger partial charge in [0, 0.05) is 19.5 Å². The molecule has 144 valence electrons. The Kier molecular flexibility index (Phi) is 5.41. The highest BCUT2D eigenvalue weighted by molar-refractivity contribution is 7.92. The number of halogens is 3. The van der Waals surface area contributed by atoms with Crippen molar-refractivity contribution >= 4 is 21.6 Å². The Morgan fingerprint density at radius 2 is 1.70 bits per heavy atom. The number of hydrogen-bond acceptors (Lipinski definition) is 3. The molecule has 2 aromatic rings. The van der Waals surface area contributed by atoms with Gasteiger partial charge in [-0.1, -0.05) is 12.1 Å². The molecule has 1 heterocycles. The fourth-order valence-corrected chi connectivity index (χ4v) is 3.91. The van der Waals surface area contributed by atoms with Crippen molar-refractivity contribution in [3.8, 4) is 0 Å². The van der Waals surface area contributed by atoms with Crippen LogP contribution in [0.2, 0.25) is 0 Å². The molecule has 1 saturated heterocycles. The molecule has 0 unspecified atom stereocenters. The summed E-state index contributed by atoms with van der Waals surface area (Å²) in [6, 6.07) is 7.31. The number of hydrogen-bond donors (Lipinski definition) is 1. The Morgan fingerprint density at radius 1 is 1.00 bits per heavy atom. The number of nitrogens with one attached hydrogen (secondary N) is 1. The van der Waals surface area contributed by atoms with Crippen molar-refractivity contribution in [1.29, 1.82) is 0 Å². The quantitative estimate of drug-likeness (QED) is 0.761. The van der Waals surface area contributed by atoms with Crippen LogP contribution in [0.4, 0.5) is 18.9 Å². The second kappa shape index (κ2) is 7.59. The summed E-state index contributed by atoms with van der Waals surface area (Å²) >= 11 is 0. The molecule has 2 aromatic carbocycles. The van der Waals surface area contributed by atoms with Crippen LogP contribution in [0.15, 0.2) is 41.3 Å². The molecule has 1 fully saturated rings. The van der Waals surface area contributed by atoms with Crippen molar-refractivity contribution in [2.45, 2.75) is 24.2 Å². The van der Waals surface area contributed by atoms with E-state index in [1.807, 2.05) is 4.72 Å². The highest BCUT2D eigenvalue weighted by Gasteiger charge is 2.21. The van der Waals surface area contributed by atoms with Crippen LogP contribution in [0.25, 0.3) is 0 Å². The van der Waals surface area contributed by atoms with E-state index in [0.29, 0.717) is 25.5 Å². The van der Waals surface area contributed by atoms with Crippen molar-refractivity contribution in [3.63, 3.8) is 0 Å². The Bertz CT molecular complexity index is 963. The van der Waals surface area contributed by atoms with E-state index in [2.05, 4.69) is 0 Å². The second-order valence-electron chi connectivity index (χ2n) is 6.21. The number of carbonyl (C=O) groups is 1. The molecule has 3 rings (SSSR count). The predicted octanol–water partition coefficient (Wildman–Crippen LogP) is 3.07. The molecule has 1 amide bonds. The smallest absolute Gasteiger partial charge is 0.261 e. The highest BCUT2D eigenvalue weighted by Crippen LogP contribution is 2.23. The zero-order valence-electron chi connectivity index (χ0n) is 14.2. The Balaban J connectivity index is 1.70. The average Bonchev–Trinajstić information content (AvgIpc) is 3.06. The maximum absolute atomic E-state index is 13.7. The van der Waals surface area contributed by atoms with E-state index >= 15 is 0 Å². The lowest BCUT2D eigenvalue weighted by molar-refractivity contribution is -0.127. The van der Waals surface area contributed by atoms with Crippen LogP contribution in [0.5, 0.6) is 0 Å². The minimum atomic E-state index is -4.17. The van der Waals surface area contributed by atoms with Gasteiger partial charge in [-0.05, 0) is 42.7 Å². The minimum Gasteiger partial charge on any atom is -0.342 e. The number of rotatable bonds is 6. The van der Waals surface area contributed by atoms with Crippen molar-refractivity contribution in [2.75, 3.05) is 17.8 Å². The third-order valence-electron chi connectivity index (χ3n) is 4.35. The lowest BCUT2D eigenvalue weighted by Crippen LogP contribution is -2.26. The van der Waals surface area contributed by atoms with Gasteiger partial charge in [-0.25, -0.2) is 21.6 Å². The summed E-state index contributed by atoms with van der Waals surface area (Å²) in [7, 11) is -4.17. The molecule has 27 heavy (non-hydrogen) atoms. The molecule has 1 N–H and O–H groups in total. The zero-order chi connectivity index (χ0) is 19.6. The van der Waals surface area contributed by atoms with Crippen LogP contribution in [0.1, 0.15) is 18.4 Å². The van der Waals surface area contributed by atoms with Gasteiger partial charge in [0.1, 0.15) is 0 Å². The molecule has 0 aromatic heterocycles. The molecule has 5 nitrogen and oxygen atoms in total. The van der Waals surface area contributed by atoms with Crippen molar-refractivity contribution in [2.24, 2.45) is 0 Å². The molecular formula is C18H17F3N2O3S. The third-order valence-corrected chi connectivity index (χ3v) is 5.74. The average molecular weight is 398 g/mol. The number of carbonyl (C=O) groups excluding carboxylic acids is 1. The number of amides is 1. The second-order valence-corrected chi connectivity index (χ2v) is 7.89. The summed E-state index contributed by atoms with van der Waals surface area (Å²) in [5.74, 6) is -4.64. The van der Waals surface area contributed by atoms with Crippen molar-refractivity contribution in [3.05, 3.63) is 59.4 Å². The summed E-state index contributed by atoms with van der Waals surface area (Å²) in [6.45, 7) is 1.29. The Morgan fingerprint density at radius 3 is 2.33 bits per heavy atom.